The maximum Gasteiger partial charge on any atom is 0.340 e. The Balaban J connectivity index is 2.90. The van der Waals surface area contributed by atoms with Gasteiger partial charge in [0.2, 0.25) is 8.32 Å². The first-order valence-corrected chi connectivity index (χ1v) is 13.8. The third kappa shape index (κ3) is 4.33. The second kappa shape index (κ2) is 6.12. The average molecular weight is 295 g/mol. The van der Waals surface area contributed by atoms with Gasteiger partial charge in [-0.1, -0.05) is 30.0 Å². The fourth-order valence-corrected chi connectivity index (χ4v) is 11.8. The van der Waals surface area contributed by atoms with E-state index in [0.29, 0.717) is 0 Å². The van der Waals surface area contributed by atoms with Crippen molar-refractivity contribution < 1.29 is 8.23 Å². The van der Waals surface area contributed by atoms with Crippen LogP contribution >= 0.6 is 0 Å². The van der Waals surface area contributed by atoms with E-state index in [0.717, 1.165) is 0 Å². The molecule has 5 heteroatoms. The summed E-state index contributed by atoms with van der Waals surface area (Å²) < 4.78 is 12.5. The lowest BCUT2D eigenvalue weighted by molar-refractivity contribution is 0.415. The number of hydrogen-bond acceptors (Lipinski definition) is 2. The minimum Gasteiger partial charge on any atom is -0.433 e. The van der Waals surface area contributed by atoms with Gasteiger partial charge in [-0.05, 0) is 44.0 Å². The van der Waals surface area contributed by atoms with Crippen molar-refractivity contribution in [3.8, 4) is 0 Å². The van der Waals surface area contributed by atoms with Gasteiger partial charge in [0, 0.05) is 0 Å². The van der Waals surface area contributed by atoms with E-state index in [1.165, 1.54) is 5.19 Å². The van der Waals surface area contributed by atoms with Gasteiger partial charge in [-0.15, -0.1) is 6.58 Å². The lowest BCUT2D eigenvalue weighted by Crippen LogP contribution is -2.55. The Kier molecular flexibility index (Phi) is 5.30. The highest BCUT2D eigenvalue weighted by atomic mass is 28.5. The topological polar surface area (TPSA) is 18.5 Å². The molecule has 0 heterocycles. The molecule has 0 aromatic heterocycles. The normalized spacial score (nSPS) is 15.4. The molecule has 1 aromatic rings. The fraction of sp³-hybridized carbons (Fsp3) is 0.385. The molecule has 0 aliphatic carbocycles. The van der Waals surface area contributed by atoms with Gasteiger partial charge in [0.15, 0.2) is 9.04 Å². The Labute approximate surface area is 115 Å². The smallest absolute Gasteiger partial charge is 0.340 e. The van der Waals surface area contributed by atoms with Crippen LogP contribution in [0.1, 0.15) is 0 Å². The highest BCUT2D eigenvalue weighted by Gasteiger charge is 2.38. The lowest BCUT2D eigenvalue weighted by Gasteiger charge is -2.35. The molecule has 0 spiro atoms. The van der Waals surface area contributed by atoms with Crippen LogP contribution in [0.5, 0.6) is 0 Å². The van der Waals surface area contributed by atoms with E-state index in [-0.39, 0.29) is 0 Å². The molecule has 1 aromatic carbocycles. The van der Waals surface area contributed by atoms with Crippen LogP contribution in [0.4, 0.5) is 0 Å². The minimum atomic E-state index is -2.24. The SMILES string of the molecule is C=C[Si](C)(O[Si](C)C)O[Si](C)(C)c1cc[c]cc1. The summed E-state index contributed by atoms with van der Waals surface area (Å²) in [5.41, 5.74) is 1.90. The number of rotatable bonds is 6. The first-order chi connectivity index (χ1) is 8.29. The molecule has 0 aliphatic rings. The Bertz CT molecular complexity index is 392. The van der Waals surface area contributed by atoms with Gasteiger partial charge in [-0.3, -0.25) is 0 Å². The summed E-state index contributed by atoms with van der Waals surface area (Å²) in [6.07, 6.45) is 0. The van der Waals surface area contributed by atoms with Crippen molar-refractivity contribution in [2.24, 2.45) is 0 Å². The third-order valence-corrected chi connectivity index (χ3v) is 12.0. The molecule has 0 saturated carbocycles. The molecular weight excluding hydrogens is 272 g/mol. The molecule has 1 rings (SSSR count). The Hall–Kier alpha value is -0.469. The molecule has 0 saturated heterocycles. The van der Waals surface area contributed by atoms with Gasteiger partial charge in [-0.25, -0.2) is 0 Å². The maximum absolute atomic E-state index is 6.42. The van der Waals surface area contributed by atoms with E-state index in [1.54, 1.807) is 0 Å². The average Bonchev–Trinajstić information content (AvgIpc) is 2.28. The largest absolute Gasteiger partial charge is 0.433 e. The maximum atomic E-state index is 6.42. The zero-order valence-electron chi connectivity index (χ0n) is 11.9. The summed E-state index contributed by atoms with van der Waals surface area (Å²) in [4.78, 5) is 0. The molecular formula is C13H22O2Si3. The standard InChI is InChI=1S/C13H22O2Si3/c1-7-18(6,14-16(2)3)15-17(4,5)13-11-9-8-10-12-13/h7,9-12H,1H2,2-6H3. The molecule has 0 N–H and O–H groups in total. The minimum absolute atomic E-state index is 0.775. The van der Waals surface area contributed by atoms with Gasteiger partial charge < -0.3 is 8.23 Å². The van der Waals surface area contributed by atoms with Crippen LogP contribution in [-0.4, -0.2) is 25.9 Å². The molecule has 2 radical (unpaired) electrons. The van der Waals surface area contributed by atoms with Crippen LogP contribution in [0.25, 0.3) is 0 Å². The van der Waals surface area contributed by atoms with E-state index in [4.69, 9.17) is 8.23 Å². The van der Waals surface area contributed by atoms with E-state index in [2.05, 4.69) is 57.5 Å². The van der Waals surface area contributed by atoms with E-state index in [1.807, 2.05) is 17.8 Å². The van der Waals surface area contributed by atoms with E-state index in [9.17, 15) is 0 Å². The highest BCUT2D eigenvalue weighted by molar-refractivity contribution is 6.93. The van der Waals surface area contributed by atoms with Gasteiger partial charge in [0.05, 0.1) is 0 Å². The second-order valence-electron chi connectivity index (χ2n) is 5.13. The zero-order chi connectivity index (χ0) is 13.8. The Morgan fingerprint density at radius 2 is 1.78 bits per heavy atom. The summed E-state index contributed by atoms with van der Waals surface area (Å²) in [6.45, 7) is 14.7. The summed E-state index contributed by atoms with van der Waals surface area (Å²) >= 11 is 0. The molecule has 2 nitrogen and oxygen atoms in total. The van der Waals surface area contributed by atoms with Crippen LogP contribution in [0, 0.1) is 6.07 Å². The summed E-state index contributed by atoms with van der Waals surface area (Å²) in [5, 5.41) is 1.27. The molecule has 1 atom stereocenters. The quantitative estimate of drug-likeness (QED) is 0.751. The van der Waals surface area contributed by atoms with Crippen LogP contribution in [-0.2, 0) is 8.23 Å². The van der Waals surface area contributed by atoms with Crippen molar-refractivity contribution in [2.45, 2.75) is 32.7 Å². The summed E-state index contributed by atoms with van der Waals surface area (Å²) in [7, 11) is -4.96. The predicted molar refractivity (Wildman–Crippen MR) is 83.9 cm³/mol. The monoisotopic (exact) mass is 294 g/mol. The molecule has 98 valence electrons. The Morgan fingerprint density at radius 1 is 1.22 bits per heavy atom. The molecule has 0 bridgehead atoms. The first-order valence-electron chi connectivity index (χ1n) is 6.08. The fourth-order valence-electron chi connectivity index (χ4n) is 1.86. The predicted octanol–water partition coefficient (Wildman–Crippen LogP) is 2.98. The molecule has 0 aliphatic heterocycles. The van der Waals surface area contributed by atoms with E-state index < -0.39 is 25.9 Å². The molecule has 18 heavy (non-hydrogen) atoms. The molecule has 0 fully saturated rings. The van der Waals surface area contributed by atoms with Crippen LogP contribution in [0.3, 0.4) is 0 Å². The van der Waals surface area contributed by atoms with Crippen molar-refractivity contribution in [1.82, 2.24) is 0 Å². The summed E-state index contributed by atoms with van der Waals surface area (Å²) in [5.74, 6) is 0. The molecule has 1 unspecified atom stereocenters. The van der Waals surface area contributed by atoms with Gasteiger partial charge in [-0.2, -0.15) is 0 Å². The number of hydrogen-bond donors (Lipinski definition) is 0. The van der Waals surface area contributed by atoms with Crippen molar-refractivity contribution in [3.05, 3.63) is 42.6 Å². The molecule has 0 amide bonds. The van der Waals surface area contributed by atoms with Crippen LogP contribution in [0.2, 0.25) is 32.7 Å². The van der Waals surface area contributed by atoms with Crippen molar-refractivity contribution in [1.29, 1.82) is 0 Å². The Morgan fingerprint density at radius 3 is 2.22 bits per heavy atom. The lowest BCUT2D eigenvalue weighted by atomic mass is 10.4. The van der Waals surface area contributed by atoms with Gasteiger partial charge in [0.1, 0.15) is 0 Å². The third-order valence-electron chi connectivity index (χ3n) is 2.65. The summed E-state index contributed by atoms with van der Waals surface area (Å²) in [6, 6.07) is 11.1. The second-order valence-corrected chi connectivity index (χ2v) is 14.6. The van der Waals surface area contributed by atoms with Crippen LogP contribution in [0.15, 0.2) is 36.5 Å². The van der Waals surface area contributed by atoms with Crippen molar-refractivity contribution >= 4 is 31.1 Å². The zero-order valence-corrected chi connectivity index (χ0v) is 14.9. The van der Waals surface area contributed by atoms with Gasteiger partial charge >= 0.3 is 8.56 Å². The number of benzene rings is 1. The van der Waals surface area contributed by atoms with E-state index >= 15 is 0 Å². The first kappa shape index (κ1) is 15.6. The highest BCUT2D eigenvalue weighted by Crippen LogP contribution is 2.17. The van der Waals surface area contributed by atoms with Crippen molar-refractivity contribution in [3.63, 3.8) is 0 Å². The van der Waals surface area contributed by atoms with Crippen LogP contribution < -0.4 is 5.19 Å². The van der Waals surface area contributed by atoms with Crippen molar-refractivity contribution in [2.75, 3.05) is 0 Å². The van der Waals surface area contributed by atoms with Gasteiger partial charge in [0.25, 0.3) is 0 Å².